The van der Waals surface area contributed by atoms with Gasteiger partial charge in [-0.15, -0.1) is 24.0 Å². The number of guanidine groups is 1. The van der Waals surface area contributed by atoms with Crippen molar-refractivity contribution in [3.8, 4) is 0 Å². The quantitative estimate of drug-likeness (QED) is 0.308. The molecule has 0 saturated heterocycles. The van der Waals surface area contributed by atoms with Crippen LogP contribution in [0.25, 0.3) is 0 Å². The van der Waals surface area contributed by atoms with E-state index in [1.165, 1.54) is 0 Å². The topological polar surface area (TPSA) is 66.5 Å². The Morgan fingerprint density at radius 1 is 1.42 bits per heavy atom. The van der Waals surface area contributed by atoms with Crippen molar-refractivity contribution in [2.75, 3.05) is 20.6 Å². The average molecular weight is 464 g/mol. The van der Waals surface area contributed by atoms with E-state index in [4.69, 9.17) is 16.1 Å². The van der Waals surface area contributed by atoms with Crippen molar-refractivity contribution in [2.45, 2.75) is 26.3 Å². The zero-order valence-electron chi connectivity index (χ0n) is 14.1. The minimum Gasteiger partial charge on any atom is -0.356 e. The van der Waals surface area contributed by atoms with E-state index in [1.807, 2.05) is 38.2 Å². The first kappa shape index (κ1) is 20.7. The number of aliphatic imine (C=N–C) groups is 1. The van der Waals surface area contributed by atoms with Gasteiger partial charge in [-0.1, -0.05) is 28.9 Å². The lowest BCUT2D eigenvalue weighted by atomic mass is 10.2. The average Bonchev–Trinajstić information content (AvgIpc) is 2.92. The lowest BCUT2D eigenvalue weighted by Crippen LogP contribution is -2.39. The Kier molecular flexibility index (Phi) is 9.05. The van der Waals surface area contributed by atoms with Crippen LogP contribution >= 0.6 is 35.6 Å². The van der Waals surface area contributed by atoms with E-state index in [9.17, 15) is 0 Å². The maximum Gasteiger partial charge on any atom is 0.226 e. The van der Waals surface area contributed by atoms with Crippen LogP contribution in [0.1, 0.15) is 23.7 Å². The van der Waals surface area contributed by atoms with E-state index in [1.54, 1.807) is 7.05 Å². The number of benzene rings is 1. The van der Waals surface area contributed by atoms with Gasteiger partial charge in [0.2, 0.25) is 5.89 Å². The molecule has 0 spiro atoms. The molecule has 6 nitrogen and oxygen atoms in total. The molecule has 8 heteroatoms. The number of rotatable bonds is 6. The van der Waals surface area contributed by atoms with Crippen molar-refractivity contribution in [2.24, 2.45) is 4.99 Å². The molecule has 0 saturated carbocycles. The Morgan fingerprint density at radius 3 is 2.83 bits per heavy atom. The highest BCUT2D eigenvalue weighted by molar-refractivity contribution is 14.0. The van der Waals surface area contributed by atoms with Crippen molar-refractivity contribution < 1.29 is 4.52 Å². The maximum absolute atomic E-state index is 6.02. The standard InChI is InChI=1S/C16H22ClN5O.HI/c1-12-20-15(23-21-12)8-5-9-19-16(18-2)22(3)11-13-6-4-7-14(17)10-13;/h4,6-7,10H,5,8-9,11H2,1-3H3,(H,18,19);1H. The molecule has 1 aromatic heterocycles. The fourth-order valence-electron chi connectivity index (χ4n) is 2.25. The van der Waals surface area contributed by atoms with Gasteiger partial charge in [0.05, 0.1) is 0 Å². The number of hydrogen-bond donors (Lipinski definition) is 1. The van der Waals surface area contributed by atoms with Gasteiger partial charge < -0.3 is 14.7 Å². The van der Waals surface area contributed by atoms with Crippen LogP contribution in [0, 0.1) is 6.92 Å². The van der Waals surface area contributed by atoms with Gasteiger partial charge >= 0.3 is 0 Å². The molecule has 2 rings (SSSR count). The molecular formula is C16H23ClIN5O. The molecule has 0 aliphatic rings. The molecule has 0 amide bonds. The normalized spacial score (nSPS) is 11.1. The molecule has 1 aromatic carbocycles. The molecule has 132 valence electrons. The van der Waals surface area contributed by atoms with E-state index >= 15 is 0 Å². The second kappa shape index (κ2) is 10.5. The molecule has 0 bridgehead atoms. The van der Waals surface area contributed by atoms with E-state index in [0.717, 1.165) is 42.5 Å². The third-order valence-corrected chi connectivity index (χ3v) is 3.54. The monoisotopic (exact) mass is 463 g/mol. The second-order valence-corrected chi connectivity index (χ2v) is 5.74. The summed E-state index contributed by atoms with van der Waals surface area (Å²) >= 11 is 6.02. The summed E-state index contributed by atoms with van der Waals surface area (Å²) in [6.45, 7) is 3.34. The molecule has 0 aliphatic heterocycles. The van der Waals surface area contributed by atoms with Crippen molar-refractivity contribution in [3.63, 3.8) is 0 Å². The van der Waals surface area contributed by atoms with E-state index in [2.05, 4.69) is 25.3 Å². The van der Waals surface area contributed by atoms with Crippen molar-refractivity contribution in [3.05, 3.63) is 46.6 Å². The number of aromatic nitrogens is 2. The molecule has 0 atom stereocenters. The highest BCUT2D eigenvalue weighted by Gasteiger charge is 2.07. The lowest BCUT2D eigenvalue weighted by molar-refractivity contribution is 0.371. The van der Waals surface area contributed by atoms with Gasteiger partial charge in [-0.2, -0.15) is 4.98 Å². The molecule has 0 fully saturated rings. The Bertz CT molecular complexity index is 661. The zero-order valence-corrected chi connectivity index (χ0v) is 17.2. The fourth-order valence-corrected chi connectivity index (χ4v) is 2.46. The summed E-state index contributed by atoms with van der Waals surface area (Å²) in [5.74, 6) is 2.18. The summed E-state index contributed by atoms with van der Waals surface area (Å²) in [5, 5.41) is 7.86. The molecule has 2 aromatic rings. The van der Waals surface area contributed by atoms with Crippen molar-refractivity contribution >= 4 is 41.5 Å². The van der Waals surface area contributed by atoms with Crippen LogP contribution in [0.2, 0.25) is 5.02 Å². The summed E-state index contributed by atoms with van der Waals surface area (Å²) in [6.07, 6.45) is 1.65. The Balaban J connectivity index is 0.00000288. The van der Waals surface area contributed by atoms with Crippen molar-refractivity contribution in [1.29, 1.82) is 0 Å². The van der Waals surface area contributed by atoms with Crippen LogP contribution in [0.4, 0.5) is 0 Å². The first-order valence-electron chi connectivity index (χ1n) is 7.54. The molecule has 1 N–H and O–H groups in total. The summed E-state index contributed by atoms with van der Waals surface area (Å²) in [7, 11) is 3.77. The molecule has 1 heterocycles. The third kappa shape index (κ3) is 6.64. The van der Waals surface area contributed by atoms with Gasteiger partial charge in [-0.25, -0.2) is 0 Å². The summed E-state index contributed by atoms with van der Waals surface area (Å²) < 4.78 is 5.09. The second-order valence-electron chi connectivity index (χ2n) is 5.30. The molecule has 0 unspecified atom stereocenters. The maximum atomic E-state index is 6.02. The van der Waals surface area contributed by atoms with E-state index < -0.39 is 0 Å². The van der Waals surface area contributed by atoms with Gasteiger partial charge in [0.25, 0.3) is 0 Å². The minimum absolute atomic E-state index is 0. The molecule has 0 aliphatic carbocycles. The van der Waals surface area contributed by atoms with Crippen molar-refractivity contribution in [1.82, 2.24) is 20.4 Å². The number of nitrogens with zero attached hydrogens (tertiary/aromatic N) is 4. The highest BCUT2D eigenvalue weighted by atomic mass is 127. The number of hydrogen-bond acceptors (Lipinski definition) is 4. The largest absolute Gasteiger partial charge is 0.356 e. The third-order valence-electron chi connectivity index (χ3n) is 3.30. The van der Waals surface area contributed by atoms with E-state index in [0.29, 0.717) is 11.7 Å². The smallest absolute Gasteiger partial charge is 0.226 e. The van der Waals surface area contributed by atoms with Gasteiger partial charge in [0.1, 0.15) is 0 Å². The van der Waals surface area contributed by atoms with Gasteiger partial charge in [-0.3, -0.25) is 4.99 Å². The van der Waals surface area contributed by atoms with Gasteiger partial charge in [0.15, 0.2) is 11.8 Å². The molecular weight excluding hydrogens is 441 g/mol. The number of nitrogens with one attached hydrogen (secondary N) is 1. The Labute approximate surface area is 164 Å². The van der Waals surface area contributed by atoms with Crippen LogP contribution < -0.4 is 5.32 Å². The van der Waals surface area contributed by atoms with Crippen LogP contribution in [0.3, 0.4) is 0 Å². The number of halogens is 2. The summed E-state index contributed by atoms with van der Waals surface area (Å²) in [5.41, 5.74) is 1.14. The van der Waals surface area contributed by atoms with Gasteiger partial charge in [0, 0.05) is 38.6 Å². The Morgan fingerprint density at radius 2 is 2.21 bits per heavy atom. The number of aryl methyl sites for hydroxylation is 2. The van der Waals surface area contributed by atoms with Crippen LogP contribution in [0.5, 0.6) is 0 Å². The zero-order chi connectivity index (χ0) is 16.7. The predicted octanol–water partition coefficient (Wildman–Crippen LogP) is 3.29. The highest BCUT2D eigenvalue weighted by Crippen LogP contribution is 2.12. The van der Waals surface area contributed by atoms with Crippen LogP contribution in [-0.4, -0.2) is 41.6 Å². The first-order chi connectivity index (χ1) is 11.1. The van der Waals surface area contributed by atoms with Crippen LogP contribution in [0.15, 0.2) is 33.8 Å². The van der Waals surface area contributed by atoms with E-state index in [-0.39, 0.29) is 24.0 Å². The first-order valence-corrected chi connectivity index (χ1v) is 7.91. The minimum atomic E-state index is 0. The fraction of sp³-hybridized carbons (Fsp3) is 0.438. The summed E-state index contributed by atoms with van der Waals surface area (Å²) in [6, 6.07) is 7.84. The molecule has 24 heavy (non-hydrogen) atoms. The lowest BCUT2D eigenvalue weighted by Gasteiger charge is -2.22. The Hall–Kier alpha value is -1.35. The SMILES string of the molecule is CN=C(NCCCc1nc(C)no1)N(C)Cc1cccc(Cl)c1.I. The van der Waals surface area contributed by atoms with Crippen LogP contribution in [-0.2, 0) is 13.0 Å². The molecule has 0 radical (unpaired) electrons. The summed E-state index contributed by atoms with van der Waals surface area (Å²) in [4.78, 5) is 10.5. The predicted molar refractivity (Wildman–Crippen MR) is 107 cm³/mol. The van der Waals surface area contributed by atoms with Gasteiger partial charge in [-0.05, 0) is 31.0 Å².